The molecule has 3 aromatic carbocycles. The zero-order valence-corrected chi connectivity index (χ0v) is 20.7. The summed E-state index contributed by atoms with van der Waals surface area (Å²) in [5.41, 5.74) is 12.5. The number of amides is 1. The van der Waals surface area contributed by atoms with E-state index in [0.717, 1.165) is 39.1 Å². The molecule has 7 heteroatoms. The van der Waals surface area contributed by atoms with E-state index < -0.39 is 0 Å². The van der Waals surface area contributed by atoms with Gasteiger partial charge in [0.15, 0.2) is 0 Å². The van der Waals surface area contributed by atoms with E-state index in [4.69, 9.17) is 27.1 Å². The van der Waals surface area contributed by atoms with E-state index in [0.29, 0.717) is 26.1 Å². The van der Waals surface area contributed by atoms with Crippen LogP contribution in [0.4, 0.5) is 11.4 Å². The van der Waals surface area contributed by atoms with Gasteiger partial charge in [-0.3, -0.25) is 4.79 Å². The molecule has 0 radical (unpaired) electrons. The van der Waals surface area contributed by atoms with Gasteiger partial charge in [-0.2, -0.15) is 0 Å². The van der Waals surface area contributed by atoms with E-state index in [1.807, 2.05) is 37.3 Å². The predicted octanol–water partition coefficient (Wildman–Crippen LogP) is 7.44. The Labute approximate surface area is 212 Å². The SMILES string of the molecule is COc1ccc(-c2cc(-c3ccc(C)cc3)c3c(N)c(C(=O)Nc4ccc(Cl)cc4)sc3n2)cc1. The van der Waals surface area contributed by atoms with Crippen LogP contribution in [0.3, 0.4) is 0 Å². The minimum absolute atomic E-state index is 0.284. The van der Waals surface area contributed by atoms with Crippen LogP contribution in [0.2, 0.25) is 5.02 Å². The second-order valence-electron chi connectivity index (χ2n) is 8.14. The van der Waals surface area contributed by atoms with E-state index in [2.05, 4.69) is 29.6 Å². The lowest BCUT2D eigenvalue weighted by Crippen LogP contribution is -2.11. The maximum Gasteiger partial charge on any atom is 0.267 e. The van der Waals surface area contributed by atoms with Gasteiger partial charge in [0.05, 0.1) is 18.5 Å². The number of benzene rings is 3. The highest BCUT2D eigenvalue weighted by Crippen LogP contribution is 2.41. The number of nitrogen functional groups attached to an aromatic ring is 1. The van der Waals surface area contributed by atoms with Crippen LogP contribution in [0.15, 0.2) is 78.9 Å². The molecule has 1 amide bonds. The Morgan fingerprint density at radius 3 is 2.29 bits per heavy atom. The first-order chi connectivity index (χ1) is 16.9. The summed E-state index contributed by atoms with van der Waals surface area (Å²) in [5, 5.41) is 4.28. The van der Waals surface area contributed by atoms with Crippen molar-refractivity contribution in [3.05, 3.63) is 94.3 Å². The average Bonchev–Trinajstić information content (AvgIpc) is 3.22. The maximum absolute atomic E-state index is 13.2. The van der Waals surface area contributed by atoms with Crippen LogP contribution < -0.4 is 15.8 Å². The molecule has 0 bridgehead atoms. The molecule has 5 nitrogen and oxygen atoms in total. The van der Waals surface area contributed by atoms with Gasteiger partial charge in [-0.05, 0) is 72.6 Å². The van der Waals surface area contributed by atoms with Crippen LogP contribution in [0.1, 0.15) is 15.2 Å². The number of halogens is 1. The second kappa shape index (κ2) is 9.41. The molecule has 0 fully saturated rings. The van der Waals surface area contributed by atoms with E-state index in [1.165, 1.54) is 11.3 Å². The Kier molecular flexibility index (Phi) is 6.16. The standard InChI is InChI=1S/C28H22ClN3O2S/c1-16-3-5-17(6-4-16)22-15-23(18-7-13-21(34-2)14-8-18)32-28-24(22)25(30)26(35-28)27(33)31-20-11-9-19(29)10-12-20/h3-15H,30H2,1-2H3,(H,31,33). The molecule has 2 heterocycles. The molecule has 5 aromatic rings. The summed E-state index contributed by atoms with van der Waals surface area (Å²) >= 11 is 7.25. The number of hydrogen-bond acceptors (Lipinski definition) is 5. The van der Waals surface area contributed by atoms with Crippen LogP contribution in [0, 0.1) is 6.92 Å². The lowest BCUT2D eigenvalue weighted by molar-refractivity contribution is 0.103. The zero-order chi connectivity index (χ0) is 24.5. The normalized spacial score (nSPS) is 10.9. The predicted molar refractivity (Wildman–Crippen MR) is 146 cm³/mol. The van der Waals surface area contributed by atoms with Gasteiger partial charge < -0.3 is 15.8 Å². The molecule has 3 N–H and O–H groups in total. The van der Waals surface area contributed by atoms with Gasteiger partial charge in [-0.25, -0.2) is 4.98 Å². The Morgan fingerprint density at radius 2 is 1.63 bits per heavy atom. The van der Waals surface area contributed by atoms with Crippen LogP contribution in [0.25, 0.3) is 32.6 Å². The van der Waals surface area contributed by atoms with Crippen molar-refractivity contribution in [3.63, 3.8) is 0 Å². The number of nitrogens with two attached hydrogens (primary N) is 1. The Balaban J connectivity index is 1.65. The fourth-order valence-corrected chi connectivity index (χ4v) is 5.02. The largest absolute Gasteiger partial charge is 0.497 e. The molecule has 0 aliphatic heterocycles. The van der Waals surface area contributed by atoms with Crippen molar-refractivity contribution in [2.45, 2.75) is 6.92 Å². The third-order valence-corrected chi connectivity index (χ3v) is 7.11. The van der Waals surface area contributed by atoms with Crippen molar-refractivity contribution in [1.82, 2.24) is 4.98 Å². The quantitative estimate of drug-likeness (QED) is 0.263. The van der Waals surface area contributed by atoms with Crippen molar-refractivity contribution in [3.8, 4) is 28.1 Å². The Hall–Kier alpha value is -3.87. The number of ether oxygens (including phenoxy) is 1. The number of methoxy groups -OCH3 is 1. The number of carbonyl (C=O) groups is 1. The summed E-state index contributed by atoms with van der Waals surface area (Å²) in [5.74, 6) is 0.490. The van der Waals surface area contributed by atoms with Gasteiger partial charge in [0.1, 0.15) is 15.5 Å². The third kappa shape index (κ3) is 4.58. The van der Waals surface area contributed by atoms with Crippen molar-refractivity contribution >= 4 is 50.4 Å². The number of fused-ring (bicyclic) bond motifs is 1. The molecule has 0 unspecified atom stereocenters. The average molecular weight is 500 g/mol. The summed E-state index contributed by atoms with van der Waals surface area (Å²) in [6.45, 7) is 2.05. The van der Waals surface area contributed by atoms with Crippen LogP contribution in [0.5, 0.6) is 5.75 Å². The molecule has 174 valence electrons. The number of anilines is 2. The first-order valence-corrected chi connectivity index (χ1v) is 12.1. The molecule has 35 heavy (non-hydrogen) atoms. The number of aryl methyl sites for hydroxylation is 1. The number of nitrogens with zero attached hydrogens (tertiary/aromatic N) is 1. The fraction of sp³-hybridized carbons (Fsp3) is 0.0714. The molecule has 0 atom stereocenters. The molecule has 5 rings (SSSR count). The Morgan fingerprint density at radius 1 is 0.971 bits per heavy atom. The van der Waals surface area contributed by atoms with E-state index in [1.54, 1.807) is 31.4 Å². The maximum atomic E-state index is 13.2. The molecule has 2 aromatic heterocycles. The van der Waals surface area contributed by atoms with Crippen LogP contribution >= 0.6 is 22.9 Å². The minimum Gasteiger partial charge on any atom is -0.497 e. The van der Waals surface area contributed by atoms with Gasteiger partial charge in [0.2, 0.25) is 0 Å². The summed E-state index contributed by atoms with van der Waals surface area (Å²) < 4.78 is 5.29. The van der Waals surface area contributed by atoms with E-state index in [-0.39, 0.29) is 5.91 Å². The Bertz CT molecular complexity index is 1530. The summed E-state index contributed by atoms with van der Waals surface area (Å²) in [6.07, 6.45) is 0. The number of thiophene rings is 1. The third-order valence-electron chi connectivity index (χ3n) is 5.76. The van der Waals surface area contributed by atoms with Gasteiger partial charge in [0, 0.05) is 21.7 Å². The highest BCUT2D eigenvalue weighted by molar-refractivity contribution is 7.21. The van der Waals surface area contributed by atoms with Crippen LogP contribution in [-0.4, -0.2) is 18.0 Å². The van der Waals surface area contributed by atoms with Gasteiger partial charge >= 0.3 is 0 Å². The molecule has 0 saturated carbocycles. The first-order valence-electron chi connectivity index (χ1n) is 10.9. The van der Waals surface area contributed by atoms with E-state index >= 15 is 0 Å². The summed E-state index contributed by atoms with van der Waals surface area (Å²) in [6, 6.07) is 25.0. The summed E-state index contributed by atoms with van der Waals surface area (Å²) in [4.78, 5) is 19.2. The molecular weight excluding hydrogens is 478 g/mol. The lowest BCUT2D eigenvalue weighted by Gasteiger charge is -2.10. The fourth-order valence-electron chi connectivity index (χ4n) is 3.88. The van der Waals surface area contributed by atoms with Crippen LogP contribution in [-0.2, 0) is 0 Å². The molecule has 0 aliphatic carbocycles. The van der Waals surface area contributed by atoms with E-state index in [9.17, 15) is 4.79 Å². The van der Waals surface area contributed by atoms with Gasteiger partial charge in [-0.15, -0.1) is 11.3 Å². The highest BCUT2D eigenvalue weighted by atomic mass is 35.5. The second-order valence-corrected chi connectivity index (χ2v) is 9.57. The number of carbonyl (C=O) groups excluding carboxylic acids is 1. The first kappa shape index (κ1) is 22.9. The van der Waals surface area contributed by atoms with Crippen molar-refractivity contribution in [2.24, 2.45) is 0 Å². The topological polar surface area (TPSA) is 77.2 Å². The van der Waals surface area contributed by atoms with Crippen molar-refractivity contribution in [1.29, 1.82) is 0 Å². The highest BCUT2D eigenvalue weighted by Gasteiger charge is 2.22. The summed E-state index contributed by atoms with van der Waals surface area (Å²) in [7, 11) is 1.64. The number of pyridine rings is 1. The lowest BCUT2D eigenvalue weighted by atomic mass is 9.98. The molecular formula is C28H22ClN3O2S. The molecule has 0 saturated heterocycles. The number of nitrogens with one attached hydrogen (secondary N) is 1. The van der Waals surface area contributed by atoms with Gasteiger partial charge in [0.25, 0.3) is 5.91 Å². The van der Waals surface area contributed by atoms with Crippen molar-refractivity contribution in [2.75, 3.05) is 18.2 Å². The number of aromatic nitrogens is 1. The smallest absolute Gasteiger partial charge is 0.267 e. The number of rotatable bonds is 5. The monoisotopic (exact) mass is 499 g/mol. The number of hydrogen-bond donors (Lipinski definition) is 2. The molecule has 0 aliphatic rings. The van der Waals surface area contributed by atoms with Gasteiger partial charge in [-0.1, -0.05) is 41.4 Å². The molecule has 0 spiro atoms. The van der Waals surface area contributed by atoms with Crippen molar-refractivity contribution < 1.29 is 9.53 Å². The minimum atomic E-state index is -0.284. The zero-order valence-electron chi connectivity index (χ0n) is 19.1.